The number of aromatic nitrogens is 2. The van der Waals surface area contributed by atoms with Crippen molar-refractivity contribution in [3.8, 4) is 0 Å². The summed E-state index contributed by atoms with van der Waals surface area (Å²) >= 11 is 0. The Bertz CT molecular complexity index is 636. The molecule has 0 saturated carbocycles. The molecule has 2 aromatic rings. The molecule has 0 bridgehead atoms. The highest BCUT2D eigenvalue weighted by atomic mass is 15.1. The number of fused-ring (bicyclic) bond motifs is 1. The summed E-state index contributed by atoms with van der Waals surface area (Å²) in [7, 11) is 0. The topological polar surface area (TPSA) is 37.8 Å². The molecule has 0 atom stereocenters. The van der Waals surface area contributed by atoms with E-state index >= 15 is 0 Å². The van der Waals surface area contributed by atoms with Crippen LogP contribution in [0.25, 0.3) is 16.6 Å². The highest BCUT2D eigenvalue weighted by molar-refractivity contribution is 5.88. The average Bonchev–Trinajstić information content (AvgIpc) is 2.27. The van der Waals surface area contributed by atoms with Crippen molar-refractivity contribution in [3.05, 3.63) is 36.0 Å². The Morgan fingerprint density at radius 1 is 1.21 bits per heavy atom. The van der Waals surface area contributed by atoms with E-state index in [0.29, 0.717) is 0 Å². The van der Waals surface area contributed by atoms with Gasteiger partial charge < -0.3 is 5.32 Å². The molecule has 0 amide bonds. The maximum Gasteiger partial charge on any atom is 0.148 e. The zero-order valence-electron chi connectivity index (χ0n) is 12.3. The van der Waals surface area contributed by atoms with Gasteiger partial charge in [0, 0.05) is 11.1 Å². The summed E-state index contributed by atoms with van der Waals surface area (Å²) < 4.78 is 0. The Morgan fingerprint density at radius 2 is 1.89 bits per heavy atom. The summed E-state index contributed by atoms with van der Waals surface area (Å²) in [6, 6.07) is 6.02. The van der Waals surface area contributed by atoms with E-state index in [9.17, 15) is 0 Å². The molecule has 0 radical (unpaired) electrons. The summed E-state index contributed by atoms with van der Waals surface area (Å²) in [6.07, 6.45) is 0. The number of para-hydroxylation sites is 1. The lowest BCUT2D eigenvalue weighted by Gasteiger charge is -2.22. The second-order valence-corrected chi connectivity index (χ2v) is 5.99. The SMILES string of the molecule is C=C(C)c1cccc2nc(C)c(NC(C)(C)C)nc12. The largest absolute Gasteiger partial charge is 0.364 e. The van der Waals surface area contributed by atoms with Crippen molar-refractivity contribution < 1.29 is 0 Å². The molecule has 3 nitrogen and oxygen atoms in total. The van der Waals surface area contributed by atoms with Crippen molar-refractivity contribution in [3.63, 3.8) is 0 Å². The molecule has 0 unspecified atom stereocenters. The van der Waals surface area contributed by atoms with Crippen LogP contribution in [-0.4, -0.2) is 15.5 Å². The number of hydrogen-bond donors (Lipinski definition) is 1. The van der Waals surface area contributed by atoms with Crippen LogP contribution >= 0.6 is 0 Å². The molecule has 0 aliphatic carbocycles. The molecule has 19 heavy (non-hydrogen) atoms. The first-order valence-electron chi connectivity index (χ1n) is 6.49. The van der Waals surface area contributed by atoms with Crippen LogP contribution in [0.5, 0.6) is 0 Å². The molecular weight excluding hydrogens is 234 g/mol. The normalized spacial score (nSPS) is 11.6. The number of allylic oxidation sites excluding steroid dienone is 1. The summed E-state index contributed by atoms with van der Waals surface area (Å²) in [5.74, 6) is 0.841. The molecule has 100 valence electrons. The number of nitrogens with one attached hydrogen (secondary N) is 1. The molecule has 3 heteroatoms. The van der Waals surface area contributed by atoms with E-state index in [1.165, 1.54) is 0 Å². The predicted octanol–water partition coefficient (Wildman–Crippen LogP) is 4.18. The fraction of sp³-hybridized carbons (Fsp3) is 0.375. The minimum Gasteiger partial charge on any atom is -0.364 e. The Balaban J connectivity index is 2.65. The fourth-order valence-corrected chi connectivity index (χ4v) is 1.98. The zero-order valence-corrected chi connectivity index (χ0v) is 12.3. The third-order valence-electron chi connectivity index (χ3n) is 2.82. The summed E-state index contributed by atoms with van der Waals surface area (Å²) in [5, 5.41) is 3.40. The first kappa shape index (κ1) is 13.5. The number of rotatable bonds is 2. The highest BCUT2D eigenvalue weighted by Crippen LogP contribution is 2.25. The number of hydrogen-bond acceptors (Lipinski definition) is 3. The van der Waals surface area contributed by atoms with Crippen molar-refractivity contribution in [1.29, 1.82) is 0 Å². The van der Waals surface area contributed by atoms with Crippen LogP contribution in [0.4, 0.5) is 5.82 Å². The Hall–Kier alpha value is -1.90. The summed E-state index contributed by atoms with van der Waals surface area (Å²) in [5.41, 5.74) is 4.77. The molecule has 0 spiro atoms. The molecule has 1 N–H and O–H groups in total. The van der Waals surface area contributed by atoms with Crippen molar-refractivity contribution in [2.45, 2.75) is 40.2 Å². The van der Waals surface area contributed by atoms with Gasteiger partial charge in [0.25, 0.3) is 0 Å². The van der Waals surface area contributed by atoms with Gasteiger partial charge >= 0.3 is 0 Å². The third kappa shape index (κ3) is 2.92. The third-order valence-corrected chi connectivity index (χ3v) is 2.82. The number of benzene rings is 1. The maximum absolute atomic E-state index is 4.75. The second-order valence-electron chi connectivity index (χ2n) is 5.99. The van der Waals surface area contributed by atoms with Gasteiger partial charge in [-0.05, 0) is 46.3 Å². The number of aryl methyl sites for hydroxylation is 1. The van der Waals surface area contributed by atoms with Gasteiger partial charge in [0.1, 0.15) is 5.82 Å². The Labute approximate surface area is 114 Å². The minimum atomic E-state index is -0.0364. The van der Waals surface area contributed by atoms with Crippen LogP contribution in [-0.2, 0) is 0 Å². The van der Waals surface area contributed by atoms with Crippen LogP contribution in [0.2, 0.25) is 0 Å². The van der Waals surface area contributed by atoms with E-state index in [1.807, 2.05) is 32.0 Å². The predicted molar refractivity (Wildman–Crippen MR) is 82.4 cm³/mol. The molecule has 0 saturated heterocycles. The average molecular weight is 255 g/mol. The molecule has 0 aliphatic heterocycles. The van der Waals surface area contributed by atoms with E-state index in [0.717, 1.165) is 33.7 Å². The van der Waals surface area contributed by atoms with Gasteiger partial charge in [0.05, 0.1) is 16.7 Å². The van der Waals surface area contributed by atoms with Gasteiger partial charge in [-0.15, -0.1) is 0 Å². The van der Waals surface area contributed by atoms with Gasteiger partial charge in [-0.1, -0.05) is 18.7 Å². The van der Waals surface area contributed by atoms with E-state index in [1.54, 1.807) is 0 Å². The van der Waals surface area contributed by atoms with Gasteiger partial charge in [-0.25, -0.2) is 9.97 Å². The van der Waals surface area contributed by atoms with E-state index < -0.39 is 0 Å². The summed E-state index contributed by atoms with van der Waals surface area (Å²) in [4.78, 5) is 9.38. The summed E-state index contributed by atoms with van der Waals surface area (Å²) in [6.45, 7) is 14.3. The van der Waals surface area contributed by atoms with E-state index in [-0.39, 0.29) is 5.54 Å². The van der Waals surface area contributed by atoms with Gasteiger partial charge in [0.2, 0.25) is 0 Å². The van der Waals surface area contributed by atoms with Crippen LogP contribution in [0.3, 0.4) is 0 Å². The fourth-order valence-electron chi connectivity index (χ4n) is 1.98. The lowest BCUT2D eigenvalue weighted by molar-refractivity contribution is 0.629. The van der Waals surface area contributed by atoms with Crippen LogP contribution in [0, 0.1) is 6.92 Å². The zero-order chi connectivity index (χ0) is 14.2. The van der Waals surface area contributed by atoms with Gasteiger partial charge in [-0.2, -0.15) is 0 Å². The Morgan fingerprint density at radius 3 is 2.47 bits per heavy atom. The molecule has 1 aromatic heterocycles. The van der Waals surface area contributed by atoms with E-state index in [2.05, 4.69) is 37.7 Å². The lowest BCUT2D eigenvalue weighted by atomic mass is 10.1. The van der Waals surface area contributed by atoms with E-state index in [4.69, 9.17) is 4.98 Å². The van der Waals surface area contributed by atoms with Crippen molar-refractivity contribution in [2.24, 2.45) is 0 Å². The molecule has 0 fully saturated rings. The van der Waals surface area contributed by atoms with Crippen LogP contribution in [0.1, 0.15) is 39.0 Å². The first-order chi connectivity index (χ1) is 8.78. The van der Waals surface area contributed by atoms with Gasteiger partial charge in [0.15, 0.2) is 0 Å². The standard InChI is InChI=1S/C16H21N3/c1-10(2)12-8-7-9-13-14(12)18-15(11(3)17-13)19-16(4,5)6/h7-9H,1H2,2-6H3,(H,18,19). The Kier molecular flexibility index (Phi) is 3.31. The maximum atomic E-state index is 4.75. The molecule has 1 heterocycles. The van der Waals surface area contributed by atoms with Crippen molar-refractivity contribution in [1.82, 2.24) is 9.97 Å². The smallest absolute Gasteiger partial charge is 0.148 e. The molecule has 1 aromatic carbocycles. The molecular formula is C16H21N3. The van der Waals surface area contributed by atoms with Gasteiger partial charge in [-0.3, -0.25) is 0 Å². The second kappa shape index (κ2) is 4.65. The van der Waals surface area contributed by atoms with Crippen molar-refractivity contribution in [2.75, 3.05) is 5.32 Å². The molecule has 2 rings (SSSR count). The number of nitrogens with zero attached hydrogens (tertiary/aromatic N) is 2. The van der Waals surface area contributed by atoms with Crippen molar-refractivity contribution >= 4 is 22.4 Å². The highest BCUT2D eigenvalue weighted by Gasteiger charge is 2.14. The first-order valence-corrected chi connectivity index (χ1v) is 6.49. The quantitative estimate of drug-likeness (QED) is 0.874. The minimum absolute atomic E-state index is 0.0364. The van der Waals surface area contributed by atoms with Crippen LogP contribution < -0.4 is 5.32 Å². The lowest BCUT2D eigenvalue weighted by Crippen LogP contribution is -2.27. The number of anilines is 1. The van der Waals surface area contributed by atoms with Crippen LogP contribution in [0.15, 0.2) is 24.8 Å². The monoisotopic (exact) mass is 255 g/mol. The molecule has 0 aliphatic rings.